The van der Waals surface area contributed by atoms with Gasteiger partial charge in [-0.05, 0) is 122 Å². The van der Waals surface area contributed by atoms with Crippen molar-refractivity contribution in [2.24, 2.45) is 0 Å². The average molecular weight is 768 g/mol. The molecule has 0 heterocycles. The molecule has 0 rings (SSSR count). The minimum absolute atomic E-state index is 0. The molecule has 45 heavy (non-hydrogen) atoms. The maximum atomic E-state index is 10.4. The summed E-state index contributed by atoms with van der Waals surface area (Å²) in [5.41, 5.74) is -1.00. The summed E-state index contributed by atoms with van der Waals surface area (Å²) in [7, 11) is -7.00. The van der Waals surface area contributed by atoms with Gasteiger partial charge in [0.2, 0.25) is 0 Å². The van der Waals surface area contributed by atoms with Gasteiger partial charge in [-0.2, -0.15) is 0 Å². The largest absolute Gasteiger partial charge is 0.677 e. The van der Waals surface area contributed by atoms with Crippen LogP contribution in [-0.2, 0) is 52.8 Å². The fraction of sp³-hybridized carbons (Fsp3) is 1.00. The van der Waals surface area contributed by atoms with E-state index in [4.69, 9.17) is 36.8 Å². The molecule has 0 saturated carbocycles. The Hall–Kier alpha value is 0.917. The number of rotatable bonds is 18. The Morgan fingerprint density at radius 3 is 0.556 bits per heavy atom. The van der Waals surface area contributed by atoms with Crippen LogP contribution in [0.25, 0.3) is 0 Å². The molecular weight excluding hydrogens is 692 g/mol. The Morgan fingerprint density at radius 2 is 0.489 bits per heavy atom. The van der Waals surface area contributed by atoms with Gasteiger partial charge >= 0.3 is 18.1 Å². The third kappa shape index (κ3) is 44.9. The summed E-state index contributed by atoms with van der Waals surface area (Å²) < 4.78 is 33.5. The molecule has 6 atom stereocenters. The fourth-order valence-corrected chi connectivity index (χ4v) is 6.58. The van der Waals surface area contributed by atoms with Gasteiger partial charge in [0.25, 0.3) is 0 Å². The van der Waals surface area contributed by atoms with Crippen LogP contribution in [-0.4, -0.2) is 85.7 Å². The molecule has 0 aliphatic rings. The summed E-state index contributed by atoms with van der Waals surface area (Å²) in [4.78, 5) is 20.8. The summed E-state index contributed by atoms with van der Waals surface area (Å²) in [6.07, 6.45) is 4.60. The van der Waals surface area contributed by atoms with Crippen LogP contribution in [0.4, 0.5) is 0 Å². The zero-order valence-electron chi connectivity index (χ0n) is 32.4. The van der Waals surface area contributed by atoms with Crippen molar-refractivity contribution in [3.8, 4) is 0 Å². The van der Waals surface area contributed by atoms with Crippen molar-refractivity contribution < 1.29 is 72.6 Å². The third-order valence-electron chi connectivity index (χ3n) is 5.55. The molecule has 0 amide bonds. The molecule has 0 radical (unpaired) electrons. The second-order valence-corrected chi connectivity index (χ2v) is 16.9. The molecule has 0 fully saturated rings. The predicted octanol–water partition coefficient (Wildman–Crippen LogP) is 7.27. The molecule has 0 saturated heterocycles. The number of hydrogen-bond donors (Lipinski definition) is 4. The van der Waals surface area contributed by atoms with Crippen molar-refractivity contribution in [1.29, 1.82) is 0 Å². The molecule has 10 nitrogen and oxygen atoms in total. The van der Waals surface area contributed by atoms with Crippen molar-refractivity contribution in [1.82, 2.24) is 0 Å². The Morgan fingerprint density at radius 1 is 0.400 bits per heavy atom. The van der Waals surface area contributed by atoms with Gasteiger partial charge in [-0.3, -0.25) is 0 Å². The van der Waals surface area contributed by atoms with E-state index in [0.29, 0.717) is 0 Å². The van der Waals surface area contributed by atoms with Crippen LogP contribution < -0.4 is 0 Å². The summed E-state index contributed by atoms with van der Waals surface area (Å²) in [5, 5.41) is 17.0. The SMILES string of the molecule is CC(C)(C)O.CC(C)(C)O.CCC(C)O[Si](O)(OC(C)CC)OC(C)CC.CCC(C)O[Si](O)(OC(C)CC)OC(C)CC.[Zr]. The zero-order chi connectivity index (χ0) is 35.9. The quantitative estimate of drug-likeness (QED) is 0.106. The molecular formula is C32H76O10Si2Zr. The van der Waals surface area contributed by atoms with Crippen LogP contribution in [0.3, 0.4) is 0 Å². The first-order valence-electron chi connectivity index (χ1n) is 16.7. The monoisotopic (exact) mass is 766 g/mol. The van der Waals surface area contributed by atoms with Crippen LogP contribution in [0.15, 0.2) is 0 Å². The molecule has 0 aliphatic heterocycles. The minimum Gasteiger partial charge on any atom is -0.391 e. The van der Waals surface area contributed by atoms with Gasteiger partial charge in [0.15, 0.2) is 0 Å². The standard InChI is InChI=1S/2C12H28O4Si.2C4H10O.Zr/c2*1-7-10(4)14-17(13,15-11(5)8-2)16-12(6)9-3;2*1-4(2,3)5;/h2*10-13H,7-9H2,1-6H3;2*5H,1-3H3;. The second-order valence-electron chi connectivity index (χ2n) is 13.4. The second kappa shape index (κ2) is 28.7. The maximum Gasteiger partial charge on any atom is 0.677 e. The smallest absolute Gasteiger partial charge is 0.391 e. The summed E-state index contributed by atoms with van der Waals surface area (Å²) in [6, 6.07) is 0. The molecule has 0 aromatic heterocycles. The van der Waals surface area contributed by atoms with E-state index in [1.807, 2.05) is 83.1 Å². The van der Waals surface area contributed by atoms with Crippen molar-refractivity contribution >= 4 is 18.1 Å². The van der Waals surface area contributed by atoms with E-state index in [1.165, 1.54) is 0 Å². The first-order chi connectivity index (χ1) is 19.7. The molecule has 0 aliphatic carbocycles. The Kier molecular flexibility index (Phi) is 35.3. The molecule has 6 unspecified atom stereocenters. The van der Waals surface area contributed by atoms with Crippen molar-refractivity contribution in [3.05, 3.63) is 0 Å². The fourth-order valence-electron chi connectivity index (χ4n) is 2.19. The van der Waals surface area contributed by atoms with E-state index < -0.39 is 29.3 Å². The van der Waals surface area contributed by atoms with E-state index in [2.05, 4.69) is 0 Å². The molecule has 0 bridgehead atoms. The number of aliphatic hydroxyl groups is 2. The topological polar surface area (TPSA) is 136 Å². The van der Waals surface area contributed by atoms with Gasteiger partial charge in [-0.15, -0.1) is 0 Å². The Bertz CT molecular complexity index is 522. The van der Waals surface area contributed by atoms with E-state index in [0.717, 1.165) is 38.5 Å². The van der Waals surface area contributed by atoms with Crippen molar-refractivity contribution in [2.45, 2.75) is 211 Å². The van der Waals surface area contributed by atoms with Crippen molar-refractivity contribution in [3.63, 3.8) is 0 Å². The van der Waals surface area contributed by atoms with Crippen LogP contribution >= 0.6 is 0 Å². The van der Waals surface area contributed by atoms with E-state index in [-0.39, 0.29) is 62.8 Å². The Labute approximate surface area is 300 Å². The third-order valence-corrected chi connectivity index (χ3v) is 9.75. The van der Waals surface area contributed by atoms with Crippen LogP contribution in [0.1, 0.15) is 163 Å². The summed E-state index contributed by atoms with van der Waals surface area (Å²) in [6.45, 7) is 34.0. The van der Waals surface area contributed by atoms with E-state index >= 15 is 0 Å². The summed E-state index contributed by atoms with van der Waals surface area (Å²) >= 11 is 0. The van der Waals surface area contributed by atoms with Gasteiger partial charge in [-0.25, -0.2) is 0 Å². The molecule has 13 heteroatoms. The molecule has 4 N–H and O–H groups in total. The molecule has 0 aromatic rings. The number of hydrogen-bond acceptors (Lipinski definition) is 10. The maximum absolute atomic E-state index is 10.4. The van der Waals surface area contributed by atoms with E-state index in [9.17, 15) is 9.59 Å². The average Bonchev–Trinajstić information content (AvgIpc) is 2.85. The van der Waals surface area contributed by atoms with Gasteiger partial charge in [0, 0.05) is 62.8 Å². The zero-order valence-corrected chi connectivity index (χ0v) is 36.9. The van der Waals surface area contributed by atoms with Gasteiger partial charge < -0.3 is 46.4 Å². The van der Waals surface area contributed by atoms with Gasteiger partial charge in [0.05, 0.1) is 11.2 Å². The van der Waals surface area contributed by atoms with Gasteiger partial charge in [0.1, 0.15) is 0 Å². The molecule has 276 valence electrons. The predicted molar refractivity (Wildman–Crippen MR) is 185 cm³/mol. The minimum atomic E-state index is -3.50. The first kappa shape index (κ1) is 55.3. The Balaban J connectivity index is -0.000000179. The van der Waals surface area contributed by atoms with Crippen molar-refractivity contribution in [2.75, 3.05) is 0 Å². The first-order valence-corrected chi connectivity index (χ1v) is 20.0. The molecule has 0 spiro atoms. The normalized spacial score (nSPS) is 18.3. The molecule has 0 aromatic carbocycles. The summed E-state index contributed by atoms with van der Waals surface area (Å²) in [5.74, 6) is 0. The van der Waals surface area contributed by atoms with Crippen LogP contribution in [0.2, 0.25) is 0 Å². The van der Waals surface area contributed by atoms with Crippen LogP contribution in [0, 0.1) is 0 Å². The van der Waals surface area contributed by atoms with E-state index in [1.54, 1.807) is 41.5 Å². The van der Waals surface area contributed by atoms with Crippen LogP contribution in [0.5, 0.6) is 0 Å². The van der Waals surface area contributed by atoms with Gasteiger partial charge in [-0.1, -0.05) is 41.5 Å².